The van der Waals surface area contributed by atoms with Crippen LogP contribution in [0.1, 0.15) is 17.4 Å². The lowest BCUT2D eigenvalue weighted by Gasteiger charge is -2.36. The molecule has 23 heavy (non-hydrogen) atoms. The summed E-state index contributed by atoms with van der Waals surface area (Å²) in [5.41, 5.74) is 1.32. The number of aliphatic hydroxyl groups is 1. The second-order valence-electron chi connectivity index (χ2n) is 5.74. The normalized spacial score (nSPS) is 20.5. The number of β-amino-alcohol motifs (C(OH)–C–C–N with tert-alkyl or cyclic N) is 1. The molecule has 1 aliphatic heterocycles. The van der Waals surface area contributed by atoms with Crippen LogP contribution in [0.15, 0.2) is 53.1 Å². The molecule has 0 saturated carbocycles. The largest absolute Gasteiger partial charge is 0.467 e. The van der Waals surface area contributed by atoms with Gasteiger partial charge in [0.15, 0.2) is 0 Å². The lowest BCUT2D eigenvalue weighted by Crippen LogP contribution is -2.42. The first-order valence-electron chi connectivity index (χ1n) is 7.98. The van der Waals surface area contributed by atoms with Crippen LogP contribution in [-0.4, -0.2) is 47.3 Å². The standard InChI is InChI=1S/C18H23NO3S/c20-16(12-21-13-17-7-4-9-22-17)11-19-8-10-23-14-18(19)15-5-2-1-3-6-15/h1-7,9,16,18,20H,8,10-14H2. The topological polar surface area (TPSA) is 45.8 Å². The van der Waals surface area contributed by atoms with Crippen LogP contribution in [0.4, 0.5) is 0 Å². The van der Waals surface area contributed by atoms with Crippen molar-refractivity contribution in [3.05, 3.63) is 60.1 Å². The first kappa shape index (κ1) is 16.6. The molecule has 3 rings (SSSR count). The Kier molecular flexibility index (Phi) is 6.16. The summed E-state index contributed by atoms with van der Waals surface area (Å²) in [5.74, 6) is 2.97. The summed E-state index contributed by atoms with van der Waals surface area (Å²) in [5, 5.41) is 10.3. The maximum absolute atomic E-state index is 10.3. The molecular weight excluding hydrogens is 310 g/mol. The van der Waals surface area contributed by atoms with Gasteiger partial charge in [-0.2, -0.15) is 11.8 Å². The molecule has 4 nitrogen and oxygen atoms in total. The van der Waals surface area contributed by atoms with Crippen LogP contribution in [0.5, 0.6) is 0 Å². The monoisotopic (exact) mass is 333 g/mol. The first-order chi connectivity index (χ1) is 11.3. The van der Waals surface area contributed by atoms with Crippen LogP contribution < -0.4 is 0 Å². The van der Waals surface area contributed by atoms with E-state index >= 15 is 0 Å². The zero-order chi connectivity index (χ0) is 15.9. The highest BCUT2D eigenvalue weighted by Crippen LogP contribution is 2.29. The summed E-state index contributed by atoms with van der Waals surface area (Å²) in [6.07, 6.45) is 1.14. The molecule has 1 aromatic heterocycles. The van der Waals surface area contributed by atoms with E-state index in [1.54, 1.807) is 6.26 Å². The fraction of sp³-hybridized carbons (Fsp3) is 0.444. The van der Waals surface area contributed by atoms with Crippen LogP contribution >= 0.6 is 11.8 Å². The molecule has 1 saturated heterocycles. The fourth-order valence-electron chi connectivity index (χ4n) is 2.85. The molecular formula is C18H23NO3S. The second-order valence-corrected chi connectivity index (χ2v) is 6.89. The van der Waals surface area contributed by atoms with Gasteiger partial charge in [-0.05, 0) is 17.7 Å². The Hall–Kier alpha value is -1.27. The Morgan fingerprint density at radius 3 is 2.91 bits per heavy atom. The third kappa shape index (κ3) is 4.85. The summed E-state index contributed by atoms with van der Waals surface area (Å²) in [6.45, 7) is 2.37. The number of rotatable bonds is 7. The van der Waals surface area contributed by atoms with E-state index in [1.807, 2.05) is 30.0 Å². The molecule has 2 unspecified atom stereocenters. The van der Waals surface area contributed by atoms with Gasteiger partial charge >= 0.3 is 0 Å². The summed E-state index contributed by atoms with van der Waals surface area (Å²) in [7, 11) is 0. The van der Waals surface area contributed by atoms with Crippen molar-refractivity contribution in [3.63, 3.8) is 0 Å². The Labute approximate surface area is 141 Å². The van der Waals surface area contributed by atoms with Crippen molar-refractivity contribution < 1.29 is 14.3 Å². The molecule has 0 amide bonds. The van der Waals surface area contributed by atoms with Crippen LogP contribution in [0.25, 0.3) is 0 Å². The van der Waals surface area contributed by atoms with Gasteiger partial charge in [0.1, 0.15) is 12.4 Å². The van der Waals surface area contributed by atoms with Gasteiger partial charge in [-0.1, -0.05) is 30.3 Å². The maximum Gasteiger partial charge on any atom is 0.129 e. The summed E-state index contributed by atoms with van der Waals surface area (Å²) in [4.78, 5) is 2.37. The third-order valence-corrected chi connectivity index (χ3v) is 5.03. The smallest absolute Gasteiger partial charge is 0.129 e. The molecule has 1 N–H and O–H groups in total. The molecule has 5 heteroatoms. The number of ether oxygens (including phenoxy) is 1. The number of hydrogen-bond donors (Lipinski definition) is 1. The van der Waals surface area contributed by atoms with Crippen molar-refractivity contribution in [2.75, 3.05) is 31.2 Å². The van der Waals surface area contributed by atoms with Crippen LogP contribution in [0.3, 0.4) is 0 Å². The minimum Gasteiger partial charge on any atom is -0.467 e. The van der Waals surface area contributed by atoms with E-state index in [4.69, 9.17) is 9.15 Å². The van der Waals surface area contributed by atoms with Crippen molar-refractivity contribution in [3.8, 4) is 0 Å². The van der Waals surface area contributed by atoms with Gasteiger partial charge in [-0.15, -0.1) is 0 Å². The molecule has 124 valence electrons. The third-order valence-electron chi connectivity index (χ3n) is 4.00. The lowest BCUT2D eigenvalue weighted by molar-refractivity contribution is -0.0000268. The number of aliphatic hydroxyl groups excluding tert-OH is 1. The summed E-state index contributed by atoms with van der Waals surface area (Å²) in [6, 6.07) is 14.6. The van der Waals surface area contributed by atoms with Crippen LogP contribution in [0, 0.1) is 0 Å². The first-order valence-corrected chi connectivity index (χ1v) is 9.13. The van der Waals surface area contributed by atoms with Crippen LogP contribution in [-0.2, 0) is 11.3 Å². The molecule has 0 bridgehead atoms. The minimum atomic E-state index is -0.487. The van der Waals surface area contributed by atoms with Gasteiger partial charge in [0.25, 0.3) is 0 Å². The van der Waals surface area contributed by atoms with Crippen molar-refractivity contribution in [2.24, 2.45) is 0 Å². The van der Waals surface area contributed by atoms with Crippen molar-refractivity contribution in [1.29, 1.82) is 0 Å². The summed E-state index contributed by atoms with van der Waals surface area (Å²) < 4.78 is 10.8. The molecule has 0 aliphatic carbocycles. The van der Waals surface area contributed by atoms with Crippen LogP contribution in [0.2, 0.25) is 0 Å². The highest BCUT2D eigenvalue weighted by atomic mass is 32.2. The quantitative estimate of drug-likeness (QED) is 0.844. The van der Waals surface area contributed by atoms with E-state index in [1.165, 1.54) is 5.56 Å². The van der Waals surface area contributed by atoms with Gasteiger partial charge in [0.05, 0.1) is 19.0 Å². The van der Waals surface area contributed by atoms with Gasteiger partial charge in [0.2, 0.25) is 0 Å². The molecule has 1 aromatic carbocycles. The SMILES string of the molecule is OC(COCc1ccco1)CN1CCSCC1c1ccccc1. The van der Waals surface area contributed by atoms with Crippen molar-refractivity contribution in [1.82, 2.24) is 4.90 Å². The molecule has 1 fully saturated rings. The second kappa shape index (κ2) is 8.55. The number of benzene rings is 1. The molecule has 0 radical (unpaired) electrons. The zero-order valence-corrected chi connectivity index (χ0v) is 14.0. The maximum atomic E-state index is 10.3. The predicted molar refractivity (Wildman–Crippen MR) is 92.5 cm³/mol. The average Bonchev–Trinajstić information content (AvgIpc) is 3.09. The molecule has 2 atom stereocenters. The fourth-order valence-corrected chi connectivity index (χ4v) is 4.01. The van der Waals surface area contributed by atoms with E-state index < -0.39 is 6.10 Å². The number of thioether (sulfide) groups is 1. The average molecular weight is 333 g/mol. The highest BCUT2D eigenvalue weighted by Gasteiger charge is 2.25. The van der Waals surface area contributed by atoms with Crippen molar-refractivity contribution >= 4 is 11.8 Å². The Bertz CT molecular complexity index is 561. The Morgan fingerprint density at radius 1 is 1.26 bits per heavy atom. The Balaban J connectivity index is 1.50. The molecule has 0 spiro atoms. The van der Waals surface area contributed by atoms with E-state index in [0.29, 0.717) is 25.8 Å². The number of hydrogen-bond acceptors (Lipinski definition) is 5. The molecule has 2 aromatic rings. The van der Waals surface area contributed by atoms with Gasteiger partial charge in [-0.3, -0.25) is 4.90 Å². The van der Waals surface area contributed by atoms with Gasteiger partial charge < -0.3 is 14.3 Å². The van der Waals surface area contributed by atoms with E-state index in [0.717, 1.165) is 23.8 Å². The highest BCUT2D eigenvalue weighted by molar-refractivity contribution is 7.99. The molecule has 1 aliphatic rings. The molecule has 2 heterocycles. The van der Waals surface area contributed by atoms with Gasteiger partial charge in [-0.25, -0.2) is 0 Å². The van der Waals surface area contributed by atoms with Crippen molar-refractivity contribution in [2.45, 2.75) is 18.8 Å². The lowest BCUT2D eigenvalue weighted by atomic mass is 10.1. The number of nitrogens with zero attached hydrogens (tertiary/aromatic N) is 1. The number of furan rings is 1. The van der Waals surface area contributed by atoms with E-state index in [9.17, 15) is 5.11 Å². The summed E-state index contributed by atoms with van der Waals surface area (Å²) >= 11 is 1.98. The predicted octanol–water partition coefficient (Wildman–Crippen LogP) is 2.95. The van der Waals surface area contributed by atoms with E-state index in [-0.39, 0.29) is 0 Å². The van der Waals surface area contributed by atoms with E-state index in [2.05, 4.69) is 29.2 Å². The Morgan fingerprint density at radius 2 is 2.13 bits per heavy atom. The minimum absolute atomic E-state index is 0.325. The van der Waals surface area contributed by atoms with Gasteiger partial charge in [0, 0.05) is 30.6 Å². The zero-order valence-electron chi connectivity index (χ0n) is 13.1.